The van der Waals surface area contributed by atoms with Gasteiger partial charge in [0, 0.05) is 20.6 Å². The summed E-state index contributed by atoms with van der Waals surface area (Å²) in [6.45, 7) is 0. The van der Waals surface area contributed by atoms with Gasteiger partial charge in [-0.1, -0.05) is 30.3 Å². The lowest BCUT2D eigenvalue weighted by Crippen LogP contribution is -2.20. The molecule has 0 bridgehead atoms. The molecule has 0 aromatic heterocycles. The molecule has 0 heterocycles. The van der Waals surface area contributed by atoms with Crippen LogP contribution in [0.3, 0.4) is 0 Å². The maximum absolute atomic E-state index is 11.3. The molecule has 0 aliphatic carbocycles. The Morgan fingerprint density at radius 1 is 1.11 bits per heavy atom. The van der Waals surface area contributed by atoms with E-state index in [0.717, 1.165) is 11.8 Å². The van der Waals surface area contributed by atoms with E-state index in [1.807, 2.05) is 18.2 Å². The van der Waals surface area contributed by atoms with Gasteiger partial charge in [-0.15, -0.1) is 0 Å². The molecule has 0 spiro atoms. The molecule has 1 atom stereocenters. The van der Waals surface area contributed by atoms with Crippen LogP contribution in [0.5, 0.6) is 0 Å². The van der Waals surface area contributed by atoms with Crippen molar-refractivity contribution < 1.29 is 22.1 Å². The lowest BCUT2D eigenvalue weighted by atomic mass is 10.1. The van der Waals surface area contributed by atoms with Gasteiger partial charge in [0.1, 0.15) is 6.10 Å². The molecule has 0 saturated carbocycles. The molecule has 0 fully saturated rings. The Balaban J connectivity index is 2.89. The SMILES string of the molecule is COC(CC(OS(C)(=O)=O)c1ccccc1)OC. The first kappa shape index (κ1) is 15.1. The van der Waals surface area contributed by atoms with Gasteiger partial charge in [0.25, 0.3) is 10.1 Å². The van der Waals surface area contributed by atoms with Gasteiger partial charge in [0.05, 0.1) is 6.26 Å². The van der Waals surface area contributed by atoms with E-state index < -0.39 is 22.5 Å². The highest BCUT2D eigenvalue weighted by atomic mass is 32.2. The maximum Gasteiger partial charge on any atom is 0.264 e. The van der Waals surface area contributed by atoms with Crippen LogP contribution in [0.2, 0.25) is 0 Å². The van der Waals surface area contributed by atoms with Crippen molar-refractivity contribution in [3.63, 3.8) is 0 Å². The van der Waals surface area contributed by atoms with E-state index in [9.17, 15) is 8.42 Å². The van der Waals surface area contributed by atoms with Gasteiger partial charge in [-0.2, -0.15) is 8.42 Å². The molecule has 5 nitrogen and oxygen atoms in total. The molecule has 0 saturated heterocycles. The minimum atomic E-state index is -3.54. The van der Waals surface area contributed by atoms with Gasteiger partial charge >= 0.3 is 0 Å². The van der Waals surface area contributed by atoms with Crippen LogP contribution in [-0.4, -0.2) is 35.2 Å². The van der Waals surface area contributed by atoms with Crippen LogP contribution >= 0.6 is 0 Å². The molecule has 1 aromatic carbocycles. The molecule has 1 aromatic rings. The summed E-state index contributed by atoms with van der Waals surface area (Å²) in [5.41, 5.74) is 0.766. The van der Waals surface area contributed by atoms with Gasteiger partial charge in [-0.05, 0) is 5.56 Å². The largest absolute Gasteiger partial charge is 0.356 e. The Morgan fingerprint density at radius 3 is 2.11 bits per heavy atom. The molecule has 6 heteroatoms. The third-order valence-corrected chi connectivity index (χ3v) is 2.98. The molecule has 1 rings (SSSR count). The Kier molecular flexibility index (Phi) is 5.74. The van der Waals surface area contributed by atoms with Crippen LogP contribution in [0.15, 0.2) is 30.3 Å². The first-order chi connectivity index (χ1) is 8.46. The fraction of sp³-hybridized carbons (Fsp3) is 0.500. The summed E-state index contributed by atoms with van der Waals surface area (Å²) < 4.78 is 37.7. The number of hydrogen-bond acceptors (Lipinski definition) is 5. The second-order valence-corrected chi connectivity index (χ2v) is 5.44. The van der Waals surface area contributed by atoms with Crippen molar-refractivity contribution in [1.82, 2.24) is 0 Å². The van der Waals surface area contributed by atoms with Gasteiger partial charge < -0.3 is 9.47 Å². The number of methoxy groups -OCH3 is 2. The Labute approximate surface area is 108 Å². The molecule has 102 valence electrons. The van der Waals surface area contributed by atoms with Crippen LogP contribution in [0.4, 0.5) is 0 Å². The molecule has 0 aliphatic rings. The topological polar surface area (TPSA) is 61.8 Å². The van der Waals surface area contributed by atoms with Crippen LogP contribution in [0.1, 0.15) is 18.1 Å². The molecule has 18 heavy (non-hydrogen) atoms. The molecule has 0 N–H and O–H groups in total. The quantitative estimate of drug-likeness (QED) is 0.559. The van der Waals surface area contributed by atoms with Crippen LogP contribution in [0.25, 0.3) is 0 Å². The molecular weight excluding hydrogens is 256 g/mol. The number of rotatable bonds is 7. The third-order valence-electron chi connectivity index (χ3n) is 2.39. The molecule has 0 aliphatic heterocycles. The zero-order valence-corrected chi connectivity index (χ0v) is 11.5. The standard InChI is InChI=1S/C12H18O5S/c1-15-12(16-2)9-11(17-18(3,13)14)10-7-5-4-6-8-10/h4-8,11-12H,9H2,1-3H3. The van der Waals surface area contributed by atoms with Crippen LogP contribution in [0, 0.1) is 0 Å². The van der Waals surface area contributed by atoms with Crippen molar-refractivity contribution in [2.45, 2.75) is 18.8 Å². The summed E-state index contributed by atoms with van der Waals surface area (Å²) in [7, 11) is -0.551. The second kappa shape index (κ2) is 6.84. The van der Waals surface area contributed by atoms with Crippen LogP contribution < -0.4 is 0 Å². The Bertz CT molecular complexity index is 439. The van der Waals surface area contributed by atoms with Crippen molar-refractivity contribution in [3.8, 4) is 0 Å². The van der Waals surface area contributed by atoms with Crippen molar-refractivity contribution in [2.24, 2.45) is 0 Å². The van der Waals surface area contributed by atoms with Gasteiger partial charge in [0.15, 0.2) is 6.29 Å². The number of benzene rings is 1. The van der Waals surface area contributed by atoms with E-state index in [1.54, 1.807) is 12.1 Å². The van der Waals surface area contributed by atoms with E-state index in [1.165, 1.54) is 14.2 Å². The van der Waals surface area contributed by atoms with E-state index in [-0.39, 0.29) is 0 Å². The molecule has 0 radical (unpaired) electrons. The predicted molar refractivity (Wildman–Crippen MR) is 67.5 cm³/mol. The van der Waals surface area contributed by atoms with E-state index in [2.05, 4.69) is 0 Å². The molecule has 1 unspecified atom stereocenters. The van der Waals surface area contributed by atoms with Crippen molar-refractivity contribution in [2.75, 3.05) is 20.5 Å². The van der Waals surface area contributed by atoms with Crippen molar-refractivity contribution in [3.05, 3.63) is 35.9 Å². The summed E-state index contributed by atoms with van der Waals surface area (Å²) >= 11 is 0. The highest BCUT2D eigenvalue weighted by Gasteiger charge is 2.22. The monoisotopic (exact) mass is 274 g/mol. The first-order valence-electron chi connectivity index (χ1n) is 5.45. The molecule has 0 amide bonds. The van der Waals surface area contributed by atoms with Gasteiger partial charge in [0.2, 0.25) is 0 Å². The Hall–Kier alpha value is -0.950. The average Bonchev–Trinajstić information content (AvgIpc) is 2.34. The minimum absolute atomic E-state index is 0.296. The smallest absolute Gasteiger partial charge is 0.264 e. The first-order valence-corrected chi connectivity index (χ1v) is 7.26. The predicted octanol–water partition coefficient (Wildman–Crippen LogP) is 1.71. The summed E-state index contributed by atoms with van der Waals surface area (Å²) in [6, 6.07) is 9.10. The fourth-order valence-electron chi connectivity index (χ4n) is 1.57. The lowest BCUT2D eigenvalue weighted by molar-refractivity contribution is -0.120. The maximum atomic E-state index is 11.3. The number of hydrogen-bond donors (Lipinski definition) is 0. The van der Waals surface area contributed by atoms with E-state index >= 15 is 0 Å². The summed E-state index contributed by atoms with van der Waals surface area (Å²) in [4.78, 5) is 0. The summed E-state index contributed by atoms with van der Waals surface area (Å²) in [5.74, 6) is 0. The molecular formula is C12H18O5S. The third kappa shape index (κ3) is 5.14. The average molecular weight is 274 g/mol. The van der Waals surface area contributed by atoms with Crippen molar-refractivity contribution >= 4 is 10.1 Å². The zero-order chi connectivity index (χ0) is 13.6. The normalized spacial score (nSPS) is 13.8. The zero-order valence-electron chi connectivity index (χ0n) is 10.7. The highest BCUT2D eigenvalue weighted by molar-refractivity contribution is 7.86. The van der Waals surface area contributed by atoms with E-state index in [0.29, 0.717) is 6.42 Å². The Morgan fingerprint density at radius 2 is 1.67 bits per heavy atom. The van der Waals surface area contributed by atoms with E-state index in [4.69, 9.17) is 13.7 Å². The second-order valence-electron chi connectivity index (χ2n) is 3.84. The summed E-state index contributed by atoms with van der Waals surface area (Å²) in [5, 5.41) is 0. The van der Waals surface area contributed by atoms with Crippen molar-refractivity contribution in [1.29, 1.82) is 0 Å². The fourth-order valence-corrected chi connectivity index (χ4v) is 2.18. The highest BCUT2D eigenvalue weighted by Crippen LogP contribution is 2.25. The van der Waals surface area contributed by atoms with Gasteiger partial charge in [-0.3, -0.25) is 4.18 Å². The minimum Gasteiger partial charge on any atom is -0.356 e. The van der Waals surface area contributed by atoms with Gasteiger partial charge in [-0.25, -0.2) is 0 Å². The summed E-state index contributed by atoms with van der Waals surface area (Å²) in [6.07, 6.45) is 0.185. The van der Waals surface area contributed by atoms with Crippen LogP contribution in [-0.2, 0) is 23.8 Å². The lowest BCUT2D eigenvalue weighted by Gasteiger charge is -2.21. The number of ether oxygens (including phenoxy) is 2.